The van der Waals surface area contributed by atoms with Gasteiger partial charge in [0.15, 0.2) is 0 Å². The van der Waals surface area contributed by atoms with Crippen molar-refractivity contribution in [2.75, 3.05) is 0 Å². The van der Waals surface area contributed by atoms with Crippen LogP contribution < -0.4 is 0 Å². The molecular weight excluding hydrogens is 322 g/mol. The number of carbonyl (C=O) groups is 1. The van der Waals surface area contributed by atoms with Gasteiger partial charge in [-0.05, 0) is 99.7 Å². The smallest absolute Gasteiger partial charge is 0.331 e. The number of aliphatic carboxylic acids is 1. The van der Waals surface area contributed by atoms with E-state index in [-0.39, 0.29) is 5.92 Å². The Morgan fingerprint density at radius 3 is 2.00 bits per heavy atom. The Balaban J connectivity index is 1.50. The van der Waals surface area contributed by atoms with E-state index in [1.807, 2.05) is 19.1 Å². The third-order valence-electron chi connectivity index (χ3n) is 6.72. The fourth-order valence-corrected chi connectivity index (χ4v) is 5.19. The number of nitrogens with zero attached hydrogens (tertiary/aromatic N) is 1. The molecule has 3 heteroatoms. The number of carboxylic acids is 1. The molecule has 138 valence electrons. The second-order valence-corrected chi connectivity index (χ2v) is 8.01. The van der Waals surface area contributed by atoms with Crippen LogP contribution in [0.2, 0.25) is 0 Å². The zero-order valence-corrected chi connectivity index (χ0v) is 15.7. The summed E-state index contributed by atoms with van der Waals surface area (Å²) in [5.74, 6) is 1.74. The van der Waals surface area contributed by atoms with Gasteiger partial charge in [0.25, 0.3) is 0 Å². The van der Waals surface area contributed by atoms with Crippen molar-refractivity contribution in [2.24, 2.45) is 17.8 Å². The molecule has 2 fully saturated rings. The van der Waals surface area contributed by atoms with Gasteiger partial charge in [-0.1, -0.05) is 18.2 Å². The lowest BCUT2D eigenvalue weighted by Gasteiger charge is -2.38. The summed E-state index contributed by atoms with van der Waals surface area (Å²) in [6.07, 6.45) is 11.3. The predicted molar refractivity (Wildman–Crippen MR) is 103 cm³/mol. The highest BCUT2D eigenvalue weighted by molar-refractivity contribution is 5.87. The van der Waals surface area contributed by atoms with E-state index >= 15 is 0 Å². The number of carboxylic acid groups (broad SMARTS) is 1. The molecule has 0 spiro atoms. The van der Waals surface area contributed by atoms with Crippen molar-refractivity contribution in [3.8, 4) is 6.07 Å². The quantitative estimate of drug-likeness (QED) is 0.711. The van der Waals surface area contributed by atoms with Crippen molar-refractivity contribution < 1.29 is 9.90 Å². The molecule has 1 N–H and O–H groups in total. The molecule has 0 aliphatic heterocycles. The highest BCUT2D eigenvalue weighted by Crippen LogP contribution is 2.44. The van der Waals surface area contributed by atoms with Gasteiger partial charge < -0.3 is 5.11 Å². The molecular formula is C23H29NO2. The lowest BCUT2D eigenvalue weighted by molar-refractivity contribution is -0.133. The summed E-state index contributed by atoms with van der Waals surface area (Å²) in [7, 11) is 0. The molecule has 0 unspecified atom stereocenters. The highest BCUT2D eigenvalue weighted by atomic mass is 16.4. The maximum Gasteiger partial charge on any atom is 0.331 e. The van der Waals surface area contributed by atoms with Crippen molar-refractivity contribution in [2.45, 2.75) is 64.2 Å². The molecule has 0 amide bonds. The van der Waals surface area contributed by atoms with Crippen LogP contribution in [0.4, 0.5) is 0 Å². The van der Waals surface area contributed by atoms with Gasteiger partial charge in [-0.3, -0.25) is 0 Å². The Bertz CT molecular complexity index is 682. The third kappa shape index (κ3) is 4.18. The summed E-state index contributed by atoms with van der Waals surface area (Å²) in [4.78, 5) is 11.3. The Morgan fingerprint density at radius 2 is 1.54 bits per heavy atom. The molecule has 0 atom stereocenters. The Morgan fingerprint density at radius 1 is 1.00 bits per heavy atom. The summed E-state index contributed by atoms with van der Waals surface area (Å²) >= 11 is 0. The van der Waals surface area contributed by atoms with E-state index in [2.05, 4.69) is 18.2 Å². The zero-order chi connectivity index (χ0) is 18.5. The van der Waals surface area contributed by atoms with Gasteiger partial charge in [0.05, 0.1) is 11.6 Å². The number of hydrogen-bond acceptors (Lipinski definition) is 2. The molecule has 1 aromatic rings. The van der Waals surface area contributed by atoms with Crippen LogP contribution >= 0.6 is 0 Å². The van der Waals surface area contributed by atoms with Crippen LogP contribution in [0, 0.1) is 29.1 Å². The molecule has 0 saturated heterocycles. The predicted octanol–water partition coefficient (Wildman–Crippen LogP) is 5.67. The molecule has 0 bridgehead atoms. The van der Waals surface area contributed by atoms with E-state index in [4.69, 9.17) is 5.26 Å². The molecule has 1 aromatic carbocycles. The number of benzene rings is 1. The van der Waals surface area contributed by atoms with Crippen molar-refractivity contribution in [1.29, 1.82) is 5.26 Å². The molecule has 2 saturated carbocycles. The molecule has 2 aliphatic rings. The van der Waals surface area contributed by atoms with Gasteiger partial charge >= 0.3 is 5.97 Å². The maximum absolute atomic E-state index is 11.3. The molecule has 3 rings (SSSR count). The van der Waals surface area contributed by atoms with Gasteiger partial charge in [-0.25, -0.2) is 4.79 Å². The summed E-state index contributed by atoms with van der Waals surface area (Å²) in [5.41, 5.74) is 2.74. The first-order valence-corrected chi connectivity index (χ1v) is 10.0. The normalized spacial score (nSPS) is 29.8. The average Bonchev–Trinajstić information content (AvgIpc) is 2.69. The molecule has 0 heterocycles. The number of hydrogen-bond donors (Lipinski definition) is 1. The van der Waals surface area contributed by atoms with Gasteiger partial charge in [0.2, 0.25) is 0 Å². The number of nitriles is 1. The standard InChI is InChI=1S/C23H29NO2/c1-2-22(23(25)26)21-13-11-20(12-14-21)19-9-7-18(8-10-19)17-5-3-16(15-24)4-6-17/h2-6,18-21H,7-14H2,1H3,(H,25,26)/t18-,19-,20-,21-. The van der Waals surface area contributed by atoms with E-state index in [9.17, 15) is 9.90 Å². The van der Waals surface area contributed by atoms with Crippen LogP contribution in [-0.4, -0.2) is 11.1 Å². The molecule has 3 nitrogen and oxygen atoms in total. The summed E-state index contributed by atoms with van der Waals surface area (Å²) in [6.45, 7) is 1.85. The Labute approximate surface area is 156 Å². The molecule has 0 aromatic heterocycles. The first-order chi connectivity index (χ1) is 12.6. The van der Waals surface area contributed by atoms with Crippen LogP contribution in [0.15, 0.2) is 35.9 Å². The van der Waals surface area contributed by atoms with Crippen molar-refractivity contribution in [3.63, 3.8) is 0 Å². The topological polar surface area (TPSA) is 61.1 Å². The van der Waals surface area contributed by atoms with Gasteiger partial charge in [0.1, 0.15) is 0 Å². The zero-order valence-electron chi connectivity index (χ0n) is 15.7. The van der Waals surface area contributed by atoms with Crippen LogP contribution in [0.5, 0.6) is 0 Å². The average molecular weight is 351 g/mol. The summed E-state index contributed by atoms with van der Waals surface area (Å²) < 4.78 is 0. The second kappa shape index (κ2) is 8.54. The van der Waals surface area contributed by atoms with Gasteiger partial charge in [-0.2, -0.15) is 5.26 Å². The van der Waals surface area contributed by atoms with E-state index in [1.165, 1.54) is 44.1 Å². The first-order valence-electron chi connectivity index (χ1n) is 10.0. The monoisotopic (exact) mass is 351 g/mol. The minimum Gasteiger partial charge on any atom is -0.478 e. The fraction of sp³-hybridized carbons (Fsp3) is 0.565. The lowest BCUT2D eigenvalue weighted by Crippen LogP contribution is -2.27. The van der Waals surface area contributed by atoms with Gasteiger partial charge in [0, 0.05) is 5.57 Å². The highest BCUT2D eigenvalue weighted by Gasteiger charge is 2.33. The summed E-state index contributed by atoms with van der Waals surface area (Å²) in [5, 5.41) is 18.3. The van der Waals surface area contributed by atoms with Crippen molar-refractivity contribution in [1.82, 2.24) is 0 Å². The molecule has 2 aliphatic carbocycles. The van der Waals surface area contributed by atoms with Crippen molar-refractivity contribution in [3.05, 3.63) is 47.0 Å². The maximum atomic E-state index is 11.3. The van der Waals surface area contributed by atoms with E-state index in [0.29, 0.717) is 11.5 Å². The second-order valence-electron chi connectivity index (χ2n) is 8.01. The Kier molecular flexibility index (Phi) is 6.14. The minimum atomic E-state index is -0.737. The molecule has 26 heavy (non-hydrogen) atoms. The lowest BCUT2D eigenvalue weighted by atomic mass is 9.67. The number of allylic oxidation sites excluding steroid dienone is 1. The largest absolute Gasteiger partial charge is 0.478 e. The van der Waals surface area contributed by atoms with Crippen LogP contribution in [-0.2, 0) is 4.79 Å². The molecule has 0 radical (unpaired) electrons. The SMILES string of the molecule is CC=C(C(=O)O)[C@H]1CC[C@H]([C@H]2CC[C@H](c3ccc(C#N)cc3)CC2)CC1. The minimum absolute atomic E-state index is 0.253. The van der Waals surface area contributed by atoms with Crippen molar-refractivity contribution >= 4 is 5.97 Å². The third-order valence-corrected chi connectivity index (χ3v) is 6.72. The number of rotatable bonds is 4. The van der Waals surface area contributed by atoms with Crippen LogP contribution in [0.1, 0.15) is 75.3 Å². The Hall–Kier alpha value is -2.08. The van der Waals surface area contributed by atoms with Crippen LogP contribution in [0.3, 0.4) is 0 Å². The van der Waals surface area contributed by atoms with E-state index < -0.39 is 5.97 Å². The fourth-order valence-electron chi connectivity index (χ4n) is 5.19. The summed E-state index contributed by atoms with van der Waals surface area (Å²) in [6, 6.07) is 10.3. The van der Waals surface area contributed by atoms with E-state index in [0.717, 1.165) is 30.2 Å². The van der Waals surface area contributed by atoms with E-state index in [1.54, 1.807) is 6.08 Å². The van der Waals surface area contributed by atoms with Gasteiger partial charge in [-0.15, -0.1) is 0 Å². The first kappa shape index (κ1) is 18.7. The van der Waals surface area contributed by atoms with Crippen LogP contribution in [0.25, 0.3) is 0 Å².